The van der Waals surface area contributed by atoms with Crippen LogP contribution in [0.3, 0.4) is 0 Å². The molecule has 3 aromatic rings. The molecule has 2 heterocycles. The molecule has 1 aromatic heterocycles. The van der Waals surface area contributed by atoms with Gasteiger partial charge in [-0.15, -0.1) is 10.2 Å². The zero-order valence-corrected chi connectivity index (χ0v) is 22.7. The third kappa shape index (κ3) is 4.45. The summed E-state index contributed by atoms with van der Waals surface area (Å²) in [6.45, 7) is 12.6. The molecule has 1 N–H and O–H groups in total. The van der Waals surface area contributed by atoms with E-state index in [2.05, 4.69) is 51.8 Å². The van der Waals surface area contributed by atoms with Gasteiger partial charge in [0.15, 0.2) is 5.69 Å². The van der Waals surface area contributed by atoms with E-state index in [1.807, 2.05) is 48.7 Å². The Bertz CT molecular complexity index is 1360. The van der Waals surface area contributed by atoms with Crippen LogP contribution in [0, 0.1) is 24.7 Å². The first-order valence-corrected chi connectivity index (χ1v) is 13.0. The zero-order valence-electron chi connectivity index (χ0n) is 21.1. The third-order valence-electron chi connectivity index (χ3n) is 7.89. The molecular formula is C28H33BrN4O2. The number of azo groups is 1. The van der Waals surface area contributed by atoms with Crippen LogP contribution in [-0.4, -0.2) is 33.1 Å². The van der Waals surface area contributed by atoms with Crippen molar-refractivity contribution in [3.05, 3.63) is 57.6 Å². The summed E-state index contributed by atoms with van der Waals surface area (Å²) in [5.74, 6) is -0.369. The van der Waals surface area contributed by atoms with Crippen molar-refractivity contribution in [1.82, 2.24) is 9.47 Å². The predicted octanol–water partition coefficient (Wildman–Crippen LogP) is 7.51. The highest BCUT2D eigenvalue weighted by Crippen LogP contribution is 2.53. The van der Waals surface area contributed by atoms with Crippen molar-refractivity contribution in [1.29, 1.82) is 0 Å². The smallest absolute Gasteiger partial charge is 0.295 e. The van der Waals surface area contributed by atoms with Crippen molar-refractivity contribution in [3.8, 4) is 5.88 Å². The minimum Gasteiger partial charge on any atom is -0.493 e. The first kappa shape index (κ1) is 24.2. The summed E-state index contributed by atoms with van der Waals surface area (Å²) in [7, 11) is 0. The first-order valence-electron chi connectivity index (χ1n) is 12.2. The van der Waals surface area contributed by atoms with Gasteiger partial charge < -0.3 is 5.11 Å². The van der Waals surface area contributed by atoms with Crippen molar-refractivity contribution < 1.29 is 9.90 Å². The van der Waals surface area contributed by atoms with Crippen LogP contribution in [0.2, 0.25) is 0 Å². The molecule has 2 atom stereocenters. The fraction of sp³-hybridized carbons (Fsp3) is 0.464. The maximum absolute atomic E-state index is 12.8. The molecule has 2 aliphatic rings. The van der Waals surface area contributed by atoms with Crippen molar-refractivity contribution in [2.45, 2.75) is 66.6 Å². The van der Waals surface area contributed by atoms with Gasteiger partial charge in [0.25, 0.3) is 5.91 Å². The van der Waals surface area contributed by atoms with E-state index in [-0.39, 0.29) is 5.88 Å². The third-order valence-corrected chi connectivity index (χ3v) is 8.39. The Kier molecular flexibility index (Phi) is 5.92. The molecule has 1 saturated heterocycles. The molecule has 6 nitrogen and oxygen atoms in total. The van der Waals surface area contributed by atoms with Gasteiger partial charge >= 0.3 is 0 Å². The summed E-state index contributed by atoms with van der Waals surface area (Å²) in [5.41, 5.74) is 4.28. The molecule has 2 aromatic carbocycles. The largest absolute Gasteiger partial charge is 0.493 e. The van der Waals surface area contributed by atoms with Crippen LogP contribution in [0.5, 0.6) is 5.88 Å². The van der Waals surface area contributed by atoms with Crippen LogP contribution in [0.1, 0.15) is 61.5 Å². The molecule has 5 rings (SSSR count). The highest BCUT2D eigenvalue weighted by Gasteiger charge is 2.49. The molecule has 1 aliphatic heterocycles. The topological polar surface area (TPSA) is 70.2 Å². The molecule has 1 aliphatic carbocycles. The summed E-state index contributed by atoms with van der Waals surface area (Å²) in [6.07, 6.45) is 3.57. The molecule has 7 heteroatoms. The predicted molar refractivity (Wildman–Crippen MR) is 142 cm³/mol. The van der Waals surface area contributed by atoms with E-state index in [9.17, 15) is 9.90 Å². The van der Waals surface area contributed by atoms with Gasteiger partial charge in [-0.1, -0.05) is 48.8 Å². The Hall–Kier alpha value is -2.51. The number of aromatic hydroxyl groups is 1. The van der Waals surface area contributed by atoms with Gasteiger partial charge in [-0.2, -0.15) is 0 Å². The lowest BCUT2D eigenvalue weighted by atomic mass is 9.65. The van der Waals surface area contributed by atoms with E-state index in [4.69, 9.17) is 0 Å². The molecule has 1 saturated carbocycles. The Balaban J connectivity index is 1.50. The van der Waals surface area contributed by atoms with Gasteiger partial charge in [0.05, 0.1) is 12.2 Å². The van der Waals surface area contributed by atoms with Crippen LogP contribution < -0.4 is 0 Å². The highest BCUT2D eigenvalue weighted by molar-refractivity contribution is 9.10. The van der Waals surface area contributed by atoms with Crippen molar-refractivity contribution in [2.24, 2.45) is 21.1 Å². The number of hydrogen-bond acceptors (Lipinski definition) is 4. The van der Waals surface area contributed by atoms with Gasteiger partial charge in [0, 0.05) is 28.0 Å². The number of fused-ring (bicyclic) bond motifs is 3. The lowest BCUT2D eigenvalue weighted by Gasteiger charge is -2.40. The number of carbonyl (C=O) groups excluding carboxylic acids is 1. The molecule has 2 unspecified atom stereocenters. The fourth-order valence-corrected chi connectivity index (χ4v) is 6.95. The van der Waals surface area contributed by atoms with E-state index >= 15 is 0 Å². The summed E-state index contributed by atoms with van der Waals surface area (Å²) in [4.78, 5) is 15.3. The Morgan fingerprint density at radius 3 is 2.71 bits per heavy atom. The van der Waals surface area contributed by atoms with E-state index < -0.39 is 5.91 Å². The number of carbonyl (C=O) groups is 1. The minimum atomic E-state index is -0.412. The SMILES string of the molecule is Cc1cccc(C(=O)N=Nc2c(O)n(CN3CC4(C)CC3CC(C)(C)C4)c3ccc(Br)cc23)c1C. The summed E-state index contributed by atoms with van der Waals surface area (Å²) in [6, 6.07) is 11.9. The quantitative estimate of drug-likeness (QED) is 0.350. The van der Waals surface area contributed by atoms with E-state index in [1.54, 1.807) is 6.07 Å². The summed E-state index contributed by atoms with van der Waals surface area (Å²) < 4.78 is 2.79. The highest BCUT2D eigenvalue weighted by atomic mass is 79.9. The lowest BCUT2D eigenvalue weighted by molar-refractivity contribution is 0.0994. The summed E-state index contributed by atoms with van der Waals surface area (Å²) >= 11 is 3.54. The van der Waals surface area contributed by atoms with Crippen molar-refractivity contribution in [2.75, 3.05) is 6.54 Å². The van der Waals surface area contributed by atoms with Gasteiger partial charge in [0.2, 0.25) is 5.88 Å². The average molecular weight is 538 g/mol. The second-order valence-corrected chi connectivity index (χ2v) is 12.5. The average Bonchev–Trinajstić information content (AvgIpc) is 3.16. The second kappa shape index (κ2) is 8.56. The van der Waals surface area contributed by atoms with Gasteiger partial charge in [-0.3, -0.25) is 14.3 Å². The molecule has 184 valence electrons. The van der Waals surface area contributed by atoms with Crippen LogP contribution in [0.4, 0.5) is 5.69 Å². The van der Waals surface area contributed by atoms with E-state index in [0.717, 1.165) is 39.5 Å². The van der Waals surface area contributed by atoms with E-state index in [0.29, 0.717) is 34.8 Å². The maximum Gasteiger partial charge on any atom is 0.295 e. The molecule has 0 spiro atoms. The molecule has 1 amide bonds. The minimum absolute atomic E-state index is 0.0430. The molecule has 35 heavy (non-hydrogen) atoms. The van der Waals surface area contributed by atoms with Crippen molar-refractivity contribution in [3.63, 3.8) is 0 Å². The van der Waals surface area contributed by atoms with Gasteiger partial charge in [-0.05, 0) is 79.3 Å². The molecular weight excluding hydrogens is 504 g/mol. The van der Waals surface area contributed by atoms with Gasteiger partial charge in [0.1, 0.15) is 0 Å². The molecule has 2 fully saturated rings. The second-order valence-electron chi connectivity index (χ2n) is 11.6. The number of halogens is 1. The normalized spacial score (nSPS) is 24.0. The zero-order chi connectivity index (χ0) is 25.1. The Morgan fingerprint density at radius 2 is 1.94 bits per heavy atom. The van der Waals surface area contributed by atoms with Crippen molar-refractivity contribution >= 4 is 38.4 Å². The monoisotopic (exact) mass is 536 g/mol. The Morgan fingerprint density at radius 1 is 1.17 bits per heavy atom. The number of hydrogen-bond donors (Lipinski definition) is 1. The standard InChI is InChI=1S/C28H33BrN4O2/c1-17-7-6-8-21(18(17)2)25(34)31-30-24-22-11-19(29)9-10-23(22)33(26(24)35)16-32-15-28(5)13-20(32)12-27(3,4)14-28/h6-11,20,35H,12-16H2,1-5H3. The number of benzene rings is 2. The van der Waals surface area contributed by atoms with Crippen LogP contribution >= 0.6 is 15.9 Å². The number of amides is 1. The number of aromatic nitrogens is 1. The molecule has 2 bridgehead atoms. The summed E-state index contributed by atoms with van der Waals surface area (Å²) in [5, 5.41) is 20.4. The van der Waals surface area contributed by atoms with Gasteiger partial charge in [-0.25, -0.2) is 0 Å². The maximum atomic E-state index is 12.8. The number of rotatable bonds is 4. The fourth-order valence-electron chi connectivity index (χ4n) is 6.59. The number of nitrogens with zero attached hydrogens (tertiary/aromatic N) is 4. The molecule has 0 radical (unpaired) electrons. The Labute approximate surface area is 215 Å². The lowest BCUT2D eigenvalue weighted by Crippen LogP contribution is -2.35. The number of likely N-dealkylation sites (tertiary alicyclic amines) is 1. The van der Waals surface area contributed by atoms with Crippen LogP contribution in [0.15, 0.2) is 51.1 Å². The van der Waals surface area contributed by atoms with E-state index in [1.165, 1.54) is 12.8 Å². The first-order chi connectivity index (χ1) is 16.5. The number of aryl methyl sites for hydroxylation is 1. The van der Waals surface area contributed by atoms with Crippen LogP contribution in [-0.2, 0) is 6.67 Å². The van der Waals surface area contributed by atoms with Crippen LogP contribution in [0.25, 0.3) is 10.9 Å².